The van der Waals surface area contributed by atoms with Gasteiger partial charge in [-0.05, 0) is 67.8 Å². The zero-order valence-electron chi connectivity index (χ0n) is 15.2. The average Bonchev–Trinajstić information content (AvgIpc) is 2.72. The van der Waals surface area contributed by atoms with Crippen LogP contribution in [0.5, 0.6) is 5.75 Å². The van der Waals surface area contributed by atoms with Crippen molar-refractivity contribution < 1.29 is 9.53 Å². The molecule has 5 nitrogen and oxygen atoms in total. The lowest BCUT2D eigenvalue weighted by molar-refractivity contribution is -0.111. The van der Waals surface area contributed by atoms with E-state index in [0.717, 1.165) is 37.2 Å². The summed E-state index contributed by atoms with van der Waals surface area (Å²) in [5.41, 5.74) is 2.16. The molecular formula is C22H23N3O2. The van der Waals surface area contributed by atoms with E-state index in [1.165, 1.54) is 6.08 Å². The van der Waals surface area contributed by atoms with E-state index >= 15 is 0 Å². The quantitative estimate of drug-likeness (QED) is 0.771. The lowest BCUT2D eigenvalue weighted by atomic mass is 9.99. The van der Waals surface area contributed by atoms with Crippen molar-refractivity contribution in [1.82, 2.24) is 5.32 Å². The van der Waals surface area contributed by atoms with Crippen molar-refractivity contribution in [2.75, 3.05) is 25.0 Å². The summed E-state index contributed by atoms with van der Waals surface area (Å²) < 4.78 is 5.90. The molecule has 1 saturated heterocycles. The molecule has 0 aliphatic carbocycles. The molecule has 1 heterocycles. The van der Waals surface area contributed by atoms with Gasteiger partial charge in [0.25, 0.3) is 0 Å². The van der Waals surface area contributed by atoms with Crippen LogP contribution >= 0.6 is 0 Å². The largest absolute Gasteiger partial charge is 0.493 e. The molecule has 138 valence electrons. The van der Waals surface area contributed by atoms with E-state index in [4.69, 9.17) is 10.00 Å². The number of hydrogen-bond donors (Lipinski definition) is 2. The van der Waals surface area contributed by atoms with Crippen LogP contribution in [0.4, 0.5) is 5.69 Å². The molecule has 2 aromatic rings. The highest BCUT2D eigenvalue weighted by atomic mass is 16.5. The molecule has 0 radical (unpaired) electrons. The monoisotopic (exact) mass is 361 g/mol. The number of amides is 1. The fraction of sp³-hybridized carbons (Fsp3) is 0.273. The first-order valence-electron chi connectivity index (χ1n) is 9.16. The Bertz CT molecular complexity index is 831. The molecule has 2 aromatic carbocycles. The summed E-state index contributed by atoms with van der Waals surface area (Å²) in [5.74, 6) is 1.14. The van der Waals surface area contributed by atoms with Gasteiger partial charge in [0.05, 0.1) is 18.2 Å². The molecule has 0 unspecified atom stereocenters. The van der Waals surface area contributed by atoms with Crippen molar-refractivity contribution in [2.45, 2.75) is 12.8 Å². The summed E-state index contributed by atoms with van der Waals surface area (Å²) in [5, 5.41) is 15.0. The number of piperidine rings is 1. The Labute approximate surface area is 159 Å². The van der Waals surface area contributed by atoms with Gasteiger partial charge in [0.1, 0.15) is 5.75 Å². The Kier molecular flexibility index (Phi) is 6.61. The molecule has 27 heavy (non-hydrogen) atoms. The standard InChI is InChI=1S/C22H23N3O2/c23-15-18-6-4-17(5-7-18)8-9-22(26)25-20-2-1-3-21(14-20)27-16-19-10-12-24-13-11-19/h1-9,14,19,24H,10-13,16H2,(H,25,26). The maximum absolute atomic E-state index is 12.1. The molecule has 1 fully saturated rings. The average molecular weight is 361 g/mol. The van der Waals surface area contributed by atoms with Crippen LogP contribution < -0.4 is 15.4 Å². The van der Waals surface area contributed by atoms with Gasteiger partial charge in [-0.1, -0.05) is 18.2 Å². The summed E-state index contributed by atoms with van der Waals surface area (Å²) in [6, 6.07) is 16.6. The van der Waals surface area contributed by atoms with Gasteiger partial charge in [-0.15, -0.1) is 0 Å². The summed E-state index contributed by atoms with van der Waals surface area (Å²) >= 11 is 0. The maximum atomic E-state index is 12.1. The second kappa shape index (κ2) is 9.56. The molecule has 1 aliphatic heterocycles. The van der Waals surface area contributed by atoms with Crippen molar-refractivity contribution >= 4 is 17.7 Å². The van der Waals surface area contributed by atoms with E-state index in [9.17, 15) is 4.79 Å². The molecule has 0 aromatic heterocycles. The lowest BCUT2D eigenvalue weighted by Gasteiger charge is -2.22. The number of nitriles is 1. The Hall–Kier alpha value is -3.10. The van der Waals surface area contributed by atoms with Crippen LogP contribution in [-0.4, -0.2) is 25.6 Å². The van der Waals surface area contributed by atoms with Gasteiger partial charge >= 0.3 is 0 Å². The van der Waals surface area contributed by atoms with Crippen LogP contribution in [0.1, 0.15) is 24.0 Å². The van der Waals surface area contributed by atoms with Crippen LogP contribution in [0.25, 0.3) is 6.08 Å². The highest BCUT2D eigenvalue weighted by Crippen LogP contribution is 2.20. The van der Waals surface area contributed by atoms with Crippen molar-refractivity contribution in [3.05, 3.63) is 65.7 Å². The SMILES string of the molecule is N#Cc1ccc(C=CC(=O)Nc2cccc(OCC3CCNCC3)c2)cc1. The highest BCUT2D eigenvalue weighted by Gasteiger charge is 2.13. The van der Waals surface area contributed by atoms with Crippen LogP contribution in [0.2, 0.25) is 0 Å². The molecular weight excluding hydrogens is 338 g/mol. The number of nitrogens with one attached hydrogen (secondary N) is 2. The number of nitrogens with zero attached hydrogens (tertiary/aromatic N) is 1. The van der Waals surface area contributed by atoms with E-state index < -0.39 is 0 Å². The first-order valence-corrected chi connectivity index (χ1v) is 9.16. The Morgan fingerprint density at radius 2 is 2.00 bits per heavy atom. The third-order valence-corrected chi connectivity index (χ3v) is 4.51. The zero-order chi connectivity index (χ0) is 18.9. The number of anilines is 1. The number of hydrogen-bond acceptors (Lipinski definition) is 4. The van der Waals surface area contributed by atoms with E-state index in [-0.39, 0.29) is 5.91 Å². The Balaban J connectivity index is 1.52. The van der Waals surface area contributed by atoms with Crippen molar-refractivity contribution in [1.29, 1.82) is 5.26 Å². The van der Waals surface area contributed by atoms with Crippen LogP contribution in [-0.2, 0) is 4.79 Å². The third kappa shape index (κ3) is 5.98. The molecule has 1 aliphatic rings. The zero-order valence-corrected chi connectivity index (χ0v) is 15.2. The van der Waals surface area contributed by atoms with Gasteiger partial charge in [0, 0.05) is 17.8 Å². The smallest absolute Gasteiger partial charge is 0.248 e. The molecule has 5 heteroatoms. The summed E-state index contributed by atoms with van der Waals surface area (Å²) in [6.45, 7) is 2.81. The second-order valence-corrected chi connectivity index (χ2v) is 6.59. The van der Waals surface area contributed by atoms with Gasteiger partial charge in [0.15, 0.2) is 0 Å². The van der Waals surface area contributed by atoms with Crippen molar-refractivity contribution in [3.8, 4) is 11.8 Å². The van der Waals surface area contributed by atoms with Gasteiger partial charge in [-0.3, -0.25) is 4.79 Å². The van der Waals surface area contributed by atoms with Gasteiger partial charge in [-0.25, -0.2) is 0 Å². The van der Waals surface area contributed by atoms with Crippen molar-refractivity contribution in [3.63, 3.8) is 0 Å². The summed E-state index contributed by atoms with van der Waals surface area (Å²) in [6.07, 6.45) is 5.46. The van der Waals surface area contributed by atoms with Crippen LogP contribution in [0.3, 0.4) is 0 Å². The van der Waals surface area contributed by atoms with Gasteiger partial charge in [-0.2, -0.15) is 5.26 Å². The van der Waals surface area contributed by atoms with E-state index in [1.807, 2.05) is 24.3 Å². The Morgan fingerprint density at radius 1 is 1.22 bits per heavy atom. The minimum Gasteiger partial charge on any atom is -0.493 e. The normalized spacial score (nSPS) is 14.6. The summed E-state index contributed by atoms with van der Waals surface area (Å²) in [4.78, 5) is 12.1. The lowest BCUT2D eigenvalue weighted by Crippen LogP contribution is -2.30. The first-order chi connectivity index (χ1) is 13.2. The van der Waals surface area contributed by atoms with Crippen LogP contribution in [0.15, 0.2) is 54.6 Å². The number of rotatable bonds is 6. The predicted octanol–water partition coefficient (Wildman–Crippen LogP) is 3.59. The van der Waals surface area contributed by atoms with E-state index in [1.54, 1.807) is 30.3 Å². The van der Waals surface area contributed by atoms with Crippen LogP contribution in [0, 0.1) is 17.2 Å². The number of carbonyl (C=O) groups is 1. The minimum atomic E-state index is -0.213. The number of benzene rings is 2. The highest BCUT2D eigenvalue weighted by molar-refractivity contribution is 6.02. The van der Waals surface area contributed by atoms with E-state index in [2.05, 4.69) is 16.7 Å². The molecule has 0 spiro atoms. The molecule has 0 saturated carbocycles. The minimum absolute atomic E-state index is 0.213. The first kappa shape index (κ1) is 18.7. The van der Waals surface area contributed by atoms with E-state index in [0.29, 0.717) is 23.8 Å². The fourth-order valence-corrected chi connectivity index (χ4v) is 2.95. The fourth-order valence-electron chi connectivity index (χ4n) is 2.95. The number of ether oxygens (including phenoxy) is 1. The second-order valence-electron chi connectivity index (χ2n) is 6.59. The van der Waals surface area contributed by atoms with Gasteiger partial charge < -0.3 is 15.4 Å². The Morgan fingerprint density at radius 3 is 2.74 bits per heavy atom. The molecule has 3 rings (SSSR count). The van der Waals surface area contributed by atoms with Crippen molar-refractivity contribution in [2.24, 2.45) is 5.92 Å². The molecule has 0 atom stereocenters. The molecule has 0 bridgehead atoms. The predicted molar refractivity (Wildman–Crippen MR) is 106 cm³/mol. The topological polar surface area (TPSA) is 74.2 Å². The maximum Gasteiger partial charge on any atom is 0.248 e. The number of carbonyl (C=O) groups excluding carboxylic acids is 1. The molecule has 1 amide bonds. The summed E-state index contributed by atoms with van der Waals surface area (Å²) in [7, 11) is 0. The third-order valence-electron chi connectivity index (χ3n) is 4.51. The molecule has 2 N–H and O–H groups in total. The van der Waals surface area contributed by atoms with Gasteiger partial charge in [0.2, 0.25) is 5.91 Å².